The van der Waals surface area contributed by atoms with Gasteiger partial charge in [-0.25, -0.2) is 4.98 Å². The van der Waals surface area contributed by atoms with E-state index in [1.165, 1.54) is 0 Å². The van der Waals surface area contributed by atoms with Crippen molar-refractivity contribution in [3.05, 3.63) is 16.3 Å². The zero-order valence-corrected chi connectivity index (χ0v) is 10.3. The quantitative estimate of drug-likeness (QED) is 0.506. The third-order valence-corrected chi connectivity index (χ3v) is 2.23. The number of nitro groups is 1. The van der Waals surface area contributed by atoms with E-state index in [4.69, 9.17) is 5.73 Å². The minimum absolute atomic E-state index is 0.0234. The first-order chi connectivity index (χ1) is 8.40. The fourth-order valence-electron chi connectivity index (χ4n) is 1.49. The number of nitrogens with two attached hydrogens (primary N) is 1. The van der Waals surface area contributed by atoms with Gasteiger partial charge in [0, 0.05) is 6.54 Å². The summed E-state index contributed by atoms with van der Waals surface area (Å²) in [6.45, 7) is 4.14. The van der Waals surface area contributed by atoms with E-state index in [1.54, 1.807) is 0 Å². The van der Waals surface area contributed by atoms with Crippen molar-refractivity contribution in [3.63, 3.8) is 0 Å². The highest BCUT2D eigenvalue weighted by Crippen LogP contribution is 2.21. The number of nitrogens with zero attached hydrogens (tertiary/aromatic N) is 3. The van der Waals surface area contributed by atoms with Gasteiger partial charge in [-0.15, -0.1) is 0 Å². The number of aliphatic hydroxyl groups excluding tert-OH is 1. The summed E-state index contributed by atoms with van der Waals surface area (Å²) in [5, 5.41) is 23.1. The molecule has 0 aliphatic carbocycles. The molecule has 0 radical (unpaired) electrons. The van der Waals surface area contributed by atoms with E-state index < -0.39 is 11.0 Å². The summed E-state index contributed by atoms with van der Waals surface area (Å²) in [5.41, 5.74) is 5.10. The number of nitrogens with one attached hydrogen (secondary N) is 1. The molecule has 0 spiro atoms. The predicted molar refractivity (Wildman–Crippen MR) is 67.1 cm³/mol. The smallest absolute Gasteiger partial charge is 0.329 e. The number of hydrogen-bond donors (Lipinski definition) is 3. The van der Waals surface area contributed by atoms with Crippen molar-refractivity contribution >= 4 is 17.5 Å². The number of rotatable bonds is 6. The van der Waals surface area contributed by atoms with Crippen LogP contribution in [0.25, 0.3) is 0 Å². The number of aliphatic hydroxyl groups is 1. The average Bonchev–Trinajstić information content (AvgIpc) is 2.25. The van der Waals surface area contributed by atoms with Crippen molar-refractivity contribution in [2.45, 2.75) is 26.4 Å². The molecular weight excluding hydrogens is 238 g/mol. The van der Waals surface area contributed by atoms with Crippen LogP contribution < -0.4 is 11.1 Å². The molecule has 8 nitrogen and oxygen atoms in total. The highest BCUT2D eigenvalue weighted by Gasteiger charge is 2.17. The molecular formula is C10H17N5O3. The summed E-state index contributed by atoms with van der Waals surface area (Å²) in [7, 11) is 0. The summed E-state index contributed by atoms with van der Waals surface area (Å²) >= 11 is 0. The SMILES string of the molecule is CC(C)CC(O)CNc1nc(N)ncc1[N+](=O)[O-]. The van der Waals surface area contributed by atoms with Gasteiger partial charge in [-0.05, 0) is 12.3 Å². The van der Waals surface area contributed by atoms with Crippen molar-refractivity contribution in [2.24, 2.45) is 5.92 Å². The van der Waals surface area contributed by atoms with Gasteiger partial charge in [0.25, 0.3) is 0 Å². The van der Waals surface area contributed by atoms with Crippen LogP contribution in [-0.2, 0) is 0 Å². The van der Waals surface area contributed by atoms with E-state index in [-0.39, 0.29) is 24.0 Å². The molecule has 0 aliphatic rings. The van der Waals surface area contributed by atoms with Crippen LogP contribution in [0.2, 0.25) is 0 Å². The Bertz CT molecular complexity index is 424. The lowest BCUT2D eigenvalue weighted by Gasteiger charge is -2.14. The van der Waals surface area contributed by atoms with Crippen molar-refractivity contribution in [1.82, 2.24) is 9.97 Å². The van der Waals surface area contributed by atoms with Gasteiger partial charge in [0.15, 0.2) is 0 Å². The topological polar surface area (TPSA) is 127 Å². The highest BCUT2D eigenvalue weighted by atomic mass is 16.6. The Kier molecular flexibility index (Phi) is 4.78. The van der Waals surface area contributed by atoms with Crippen LogP contribution in [0.3, 0.4) is 0 Å². The molecule has 0 saturated heterocycles. The molecule has 0 aromatic carbocycles. The third-order valence-electron chi connectivity index (χ3n) is 2.23. The standard InChI is InChI=1S/C10H17N5O3/c1-6(2)3-7(16)4-12-9-8(15(17)18)5-13-10(11)14-9/h5-7,16H,3-4H2,1-2H3,(H3,11,12,13,14). The molecule has 1 atom stereocenters. The zero-order chi connectivity index (χ0) is 13.7. The number of anilines is 2. The summed E-state index contributed by atoms with van der Waals surface area (Å²) in [5.74, 6) is 0.309. The Labute approximate surface area is 104 Å². The molecule has 18 heavy (non-hydrogen) atoms. The summed E-state index contributed by atoms with van der Waals surface area (Å²) in [6.07, 6.45) is 1.04. The van der Waals surface area contributed by atoms with Crippen LogP contribution >= 0.6 is 0 Å². The predicted octanol–water partition coefficient (Wildman–Crippen LogP) is 0.786. The molecule has 0 amide bonds. The van der Waals surface area contributed by atoms with E-state index in [0.29, 0.717) is 12.3 Å². The fraction of sp³-hybridized carbons (Fsp3) is 0.600. The zero-order valence-electron chi connectivity index (χ0n) is 10.3. The first-order valence-electron chi connectivity index (χ1n) is 5.59. The highest BCUT2D eigenvalue weighted by molar-refractivity contribution is 5.56. The summed E-state index contributed by atoms with van der Waals surface area (Å²) in [6, 6.07) is 0. The van der Waals surface area contributed by atoms with Gasteiger partial charge in [0.2, 0.25) is 11.8 Å². The normalized spacial score (nSPS) is 12.4. The molecule has 1 heterocycles. The van der Waals surface area contributed by atoms with Crippen LogP contribution in [0.1, 0.15) is 20.3 Å². The van der Waals surface area contributed by atoms with Crippen molar-refractivity contribution in [3.8, 4) is 0 Å². The summed E-state index contributed by atoms with van der Waals surface area (Å²) < 4.78 is 0. The maximum atomic E-state index is 10.7. The minimum Gasteiger partial charge on any atom is -0.391 e. The number of nitrogen functional groups attached to an aromatic ring is 1. The lowest BCUT2D eigenvalue weighted by atomic mass is 10.1. The lowest BCUT2D eigenvalue weighted by Crippen LogP contribution is -2.22. The average molecular weight is 255 g/mol. The Balaban J connectivity index is 2.71. The fourth-order valence-corrected chi connectivity index (χ4v) is 1.49. The maximum Gasteiger partial charge on any atom is 0.329 e. The first-order valence-corrected chi connectivity index (χ1v) is 5.59. The van der Waals surface area contributed by atoms with Crippen LogP contribution in [0.5, 0.6) is 0 Å². The van der Waals surface area contributed by atoms with Crippen LogP contribution in [0.15, 0.2) is 6.20 Å². The Morgan fingerprint density at radius 3 is 2.83 bits per heavy atom. The van der Waals surface area contributed by atoms with Crippen molar-refractivity contribution < 1.29 is 10.0 Å². The van der Waals surface area contributed by atoms with Gasteiger partial charge in [-0.2, -0.15) is 4.98 Å². The van der Waals surface area contributed by atoms with Crippen LogP contribution in [0.4, 0.5) is 17.5 Å². The van der Waals surface area contributed by atoms with E-state index in [2.05, 4.69) is 15.3 Å². The Morgan fingerprint density at radius 1 is 1.61 bits per heavy atom. The van der Waals surface area contributed by atoms with Crippen molar-refractivity contribution in [1.29, 1.82) is 0 Å². The Hall–Kier alpha value is -1.96. The van der Waals surface area contributed by atoms with Gasteiger partial charge >= 0.3 is 5.69 Å². The van der Waals surface area contributed by atoms with E-state index in [9.17, 15) is 15.2 Å². The minimum atomic E-state index is -0.601. The molecule has 4 N–H and O–H groups in total. The second kappa shape index (κ2) is 6.10. The second-order valence-corrected chi connectivity index (χ2v) is 4.38. The van der Waals surface area contributed by atoms with Gasteiger partial charge < -0.3 is 16.2 Å². The second-order valence-electron chi connectivity index (χ2n) is 4.38. The van der Waals surface area contributed by atoms with Gasteiger partial charge in [-0.1, -0.05) is 13.8 Å². The molecule has 0 fully saturated rings. The largest absolute Gasteiger partial charge is 0.391 e. The third kappa shape index (κ3) is 4.13. The van der Waals surface area contributed by atoms with Gasteiger partial charge in [0.1, 0.15) is 6.20 Å². The molecule has 8 heteroatoms. The van der Waals surface area contributed by atoms with Gasteiger partial charge in [0.05, 0.1) is 11.0 Å². The molecule has 0 aliphatic heterocycles. The molecule has 100 valence electrons. The van der Waals surface area contributed by atoms with E-state index in [1.807, 2.05) is 13.8 Å². The van der Waals surface area contributed by atoms with E-state index in [0.717, 1.165) is 6.20 Å². The first kappa shape index (κ1) is 14.1. The van der Waals surface area contributed by atoms with E-state index >= 15 is 0 Å². The molecule has 0 saturated carbocycles. The number of aromatic nitrogens is 2. The summed E-state index contributed by atoms with van der Waals surface area (Å²) in [4.78, 5) is 17.4. The van der Waals surface area contributed by atoms with Crippen LogP contribution in [-0.4, -0.2) is 32.6 Å². The molecule has 1 aromatic heterocycles. The van der Waals surface area contributed by atoms with Gasteiger partial charge in [-0.3, -0.25) is 10.1 Å². The Morgan fingerprint density at radius 2 is 2.28 bits per heavy atom. The molecule has 0 bridgehead atoms. The molecule has 1 unspecified atom stereocenters. The van der Waals surface area contributed by atoms with Crippen molar-refractivity contribution in [2.75, 3.05) is 17.6 Å². The molecule has 1 rings (SSSR count). The lowest BCUT2D eigenvalue weighted by molar-refractivity contribution is -0.384. The number of hydrogen-bond acceptors (Lipinski definition) is 7. The maximum absolute atomic E-state index is 10.7. The molecule has 1 aromatic rings. The van der Waals surface area contributed by atoms with Crippen LogP contribution in [0, 0.1) is 16.0 Å². The monoisotopic (exact) mass is 255 g/mol.